The molecule has 0 saturated carbocycles. The number of hydrogen-bond donors (Lipinski definition) is 1. The predicted molar refractivity (Wildman–Crippen MR) is 114 cm³/mol. The highest BCUT2D eigenvalue weighted by Crippen LogP contribution is 2.35. The van der Waals surface area contributed by atoms with Crippen molar-refractivity contribution < 1.29 is 9.47 Å². The SMILES string of the molecule is COc1ccc(-c2nc3ccccc3[nH]2)cc1COc1cc(Cl)c(Cl)cc1Cl. The van der Waals surface area contributed by atoms with Crippen LogP contribution in [0, 0.1) is 0 Å². The molecule has 0 bridgehead atoms. The monoisotopic (exact) mass is 432 g/mol. The minimum Gasteiger partial charge on any atom is -0.496 e. The first-order valence-electron chi connectivity index (χ1n) is 8.44. The van der Waals surface area contributed by atoms with Gasteiger partial charge in [-0.05, 0) is 36.4 Å². The lowest BCUT2D eigenvalue weighted by atomic mass is 10.1. The van der Waals surface area contributed by atoms with Crippen molar-refractivity contribution in [2.45, 2.75) is 6.61 Å². The Morgan fingerprint density at radius 1 is 0.893 bits per heavy atom. The van der Waals surface area contributed by atoms with Gasteiger partial charge in [0, 0.05) is 17.2 Å². The molecule has 28 heavy (non-hydrogen) atoms. The molecule has 0 aliphatic carbocycles. The fourth-order valence-corrected chi connectivity index (χ4v) is 3.49. The molecule has 0 fully saturated rings. The second-order valence-corrected chi connectivity index (χ2v) is 7.34. The minimum absolute atomic E-state index is 0.245. The van der Waals surface area contributed by atoms with E-state index >= 15 is 0 Å². The van der Waals surface area contributed by atoms with Gasteiger partial charge in [-0.25, -0.2) is 4.98 Å². The number of aromatic amines is 1. The molecule has 3 aromatic carbocycles. The van der Waals surface area contributed by atoms with E-state index in [2.05, 4.69) is 9.97 Å². The van der Waals surface area contributed by atoms with Gasteiger partial charge >= 0.3 is 0 Å². The van der Waals surface area contributed by atoms with Crippen molar-refractivity contribution in [3.05, 3.63) is 75.2 Å². The van der Waals surface area contributed by atoms with E-state index in [9.17, 15) is 0 Å². The lowest BCUT2D eigenvalue weighted by Crippen LogP contribution is -2.00. The number of H-pyrrole nitrogens is 1. The number of hydrogen-bond acceptors (Lipinski definition) is 3. The summed E-state index contributed by atoms with van der Waals surface area (Å²) in [5.41, 5.74) is 3.67. The predicted octanol–water partition coefficient (Wildman–Crippen LogP) is 6.78. The smallest absolute Gasteiger partial charge is 0.139 e. The summed E-state index contributed by atoms with van der Waals surface area (Å²) in [5.74, 6) is 1.93. The molecule has 0 spiro atoms. The minimum atomic E-state index is 0.245. The van der Waals surface area contributed by atoms with Crippen molar-refractivity contribution in [3.8, 4) is 22.9 Å². The zero-order valence-corrected chi connectivity index (χ0v) is 17.1. The highest BCUT2D eigenvalue weighted by Gasteiger charge is 2.12. The third-order valence-corrected chi connectivity index (χ3v) is 5.32. The molecule has 142 valence electrons. The number of para-hydroxylation sites is 2. The number of imidazole rings is 1. The maximum Gasteiger partial charge on any atom is 0.139 e. The van der Waals surface area contributed by atoms with Gasteiger partial charge in [0.05, 0.1) is 33.2 Å². The van der Waals surface area contributed by atoms with Crippen LogP contribution in [0.4, 0.5) is 0 Å². The first-order chi connectivity index (χ1) is 13.5. The molecule has 0 atom stereocenters. The second kappa shape index (κ2) is 7.92. The molecule has 4 nitrogen and oxygen atoms in total. The summed E-state index contributed by atoms with van der Waals surface area (Å²) in [4.78, 5) is 7.97. The molecule has 0 radical (unpaired) electrons. The summed E-state index contributed by atoms with van der Waals surface area (Å²) >= 11 is 18.2. The number of nitrogens with one attached hydrogen (secondary N) is 1. The fraction of sp³-hybridized carbons (Fsp3) is 0.0952. The van der Waals surface area contributed by atoms with Gasteiger partial charge < -0.3 is 14.5 Å². The Labute approximate surface area is 177 Å². The van der Waals surface area contributed by atoms with Crippen LogP contribution in [0.15, 0.2) is 54.6 Å². The number of fused-ring (bicyclic) bond motifs is 1. The van der Waals surface area contributed by atoms with Gasteiger partial charge in [-0.2, -0.15) is 0 Å². The normalized spacial score (nSPS) is 11.0. The molecule has 0 aliphatic rings. The molecule has 1 N–H and O–H groups in total. The molecule has 1 heterocycles. The van der Waals surface area contributed by atoms with E-state index in [0.29, 0.717) is 26.6 Å². The second-order valence-electron chi connectivity index (χ2n) is 6.11. The van der Waals surface area contributed by atoms with Gasteiger partial charge in [-0.3, -0.25) is 0 Å². The van der Waals surface area contributed by atoms with E-state index in [1.807, 2.05) is 42.5 Å². The number of nitrogens with zero attached hydrogens (tertiary/aromatic N) is 1. The molecule has 0 amide bonds. The Morgan fingerprint density at radius 3 is 2.46 bits per heavy atom. The maximum atomic E-state index is 6.20. The number of methoxy groups -OCH3 is 1. The van der Waals surface area contributed by atoms with Crippen molar-refractivity contribution in [2.24, 2.45) is 0 Å². The average Bonchev–Trinajstić information content (AvgIpc) is 3.14. The van der Waals surface area contributed by atoms with Crippen molar-refractivity contribution in [3.63, 3.8) is 0 Å². The Morgan fingerprint density at radius 2 is 1.68 bits per heavy atom. The average molecular weight is 434 g/mol. The highest BCUT2D eigenvalue weighted by atomic mass is 35.5. The van der Waals surface area contributed by atoms with Crippen LogP contribution in [0.25, 0.3) is 22.4 Å². The fourth-order valence-electron chi connectivity index (χ4n) is 2.90. The zero-order chi connectivity index (χ0) is 19.7. The van der Waals surface area contributed by atoms with Crippen LogP contribution in [0.1, 0.15) is 5.56 Å². The third kappa shape index (κ3) is 3.76. The Hall–Kier alpha value is -2.40. The Bertz CT molecular complexity index is 1120. The summed E-state index contributed by atoms with van der Waals surface area (Å²) in [6.07, 6.45) is 0. The van der Waals surface area contributed by atoms with Crippen molar-refractivity contribution in [1.82, 2.24) is 9.97 Å². The van der Waals surface area contributed by atoms with Crippen LogP contribution in [0.2, 0.25) is 15.1 Å². The van der Waals surface area contributed by atoms with Gasteiger partial charge in [0.25, 0.3) is 0 Å². The summed E-state index contributed by atoms with van der Waals surface area (Å²) in [6.45, 7) is 0.245. The van der Waals surface area contributed by atoms with Crippen LogP contribution >= 0.6 is 34.8 Å². The van der Waals surface area contributed by atoms with Gasteiger partial charge in [0.2, 0.25) is 0 Å². The number of rotatable bonds is 5. The first kappa shape index (κ1) is 18.9. The van der Waals surface area contributed by atoms with Crippen LogP contribution in [0.5, 0.6) is 11.5 Å². The quantitative estimate of drug-likeness (QED) is 0.353. The van der Waals surface area contributed by atoms with Crippen LogP contribution in [-0.2, 0) is 6.61 Å². The third-order valence-electron chi connectivity index (χ3n) is 4.30. The largest absolute Gasteiger partial charge is 0.496 e. The number of aromatic nitrogens is 2. The van der Waals surface area contributed by atoms with Gasteiger partial charge in [0.1, 0.15) is 23.9 Å². The van der Waals surface area contributed by atoms with E-state index in [1.165, 1.54) is 0 Å². The van der Waals surface area contributed by atoms with E-state index in [-0.39, 0.29) is 6.61 Å². The highest BCUT2D eigenvalue weighted by molar-refractivity contribution is 6.43. The molecular weight excluding hydrogens is 419 g/mol. The standard InChI is InChI=1S/C21H15Cl3N2O2/c1-27-19-7-6-12(21-25-17-4-2-3-5-18(17)26-21)8-13(19)11-28-20-10-15(23)14(22)9-16(20)24/h2-10H,11H2,1H3,(H,25,26). The van der Waals surface area contributed by atoms with E-state index in [4.69, 9.17) is 44.3 Å². The summed E-state index contributed by atoms with van der Waals surface area (Å²) in [7, 11) is 1.62. The maximum absolute atomic E-state index is 6.20. The van der Waals surface area contributed by atoms with Crippen molar-refractivity contribution in [1.29, 1.82) is 0 Å². The zero-order valence-electron chi connectivity index (χ0n) is 14.8. The van der Waals surface area contributed by atoms with Crippen molar-refractivity contribution >= 4 is 45.8 Å². The molecule has 4 rings (SSSR count). The van der Waals surface area contributed by atoms with Gasteiger partial charge in [0.15, 0.2) is 0 Å². The molecule has 0 unspecified atom stereocenters. The van der Waals surface area contributed by atoms with E-state index in [1.54, 1.807) is 19.2 Å². The molecule has 7 heteroatoms. The number of ether oxygens (including phenoxy) is 2. The topological polar surface area (TPSA) is 47.1 Å². The first-order valence-corrected chi connectivity index (χ1v) is 9.58. The summed E-state index contributed by atoms with van der Waals surface area (Å²) in [5, 5.41) is 1.15. The van der Waals surface area contributed by atoms with E-state index < -0.39 is 0 Å². The Balaban J connectivity index is 1.65. The Kier molecular flexibility index (Phi) is 5.36. The number of halogens is 3. The van der Waals surface area contributed by atoms with Gasteiger partial charge in [-0.1, -0.05) is 46.9 Å². The van der Waals surface area contributed by atoms with Crippen LogP contribution in [0.3, 0.4) is 0 Å². The molecule has 4 aromatic rings. The molecule has 0 aliphatic heterocycles. The number of benzene rings is 3. The lowest BCUT2D eigenvalue weighted by molar-refractivity contribution is 0.297. The van der Waals surface area contributed by atoms with Crippen LogP contribution < -0.4 is 9.47 Å². The van der Waals surface area contributed by atoms with Crippen LogP contribution in [-0.4, -0.2) is 17.1 Å². The van der Waals surface area contributed by atoms with E-state index in [0.717, 1.165) is 28.0 Å². The summed E-state index contributed by atoms with van der Waals surface area (Å²) in [6, 6.07) is 16.9. The molecule has 1 aromatic heterocycles. The van der Waals surface area contributed by atoms with Crippen molar-refractivity contribution in [2.75, 3.05) is 7.11 Å². The molecule has 0 saturated heterocycles. The lowest BCUT2D eigenvalue weighted by Gasteiger charge is -2.13. The molecular formula is C21H15Cl3N2O2. The summed E-state index contributed by atoms with van der Waals surface area (Å²) < 4.78 is 11.3. The van der Waals surface area contributed by atoms with Gasteiger partial charge in [-0.15, -0.1) is 0 Å².